The van der Waals surface area contributed by atoms with E-state index >= 15 is 0 Å². The van der Waals surface area contributed by atoms with Crippen LogP contribution in [0.1, 0.15) is 107 Å². The Morgan fingerprint density at radius 1 is 0.588 bits per heavy atom. The number of benzene rings is 2. The SMILES string of the molecule is CC(O)OCc1ccc(C2(c3ccc(COC(C)O)cc3)CCCCCCCCCCC2)cc1. The van der Waals surface area contributed by atoms with Gasteiger partial charge >= 0.3 is 0 Å². The van der Waals surface area contributed by atoms with Gasteiger partial charge in [0.1, 0.15) is 0 Å². The summed E-state index contributed by atoms with van der Waals surface area (Å²) in [4.78, 5) is 0. The molecule has 0 amide bonds. The van der Waals surface area contributed by atoms with E-state index in [1.165, 1.54) is 68.9 Å². The van der Waals surface area contributed by atoms with Crippen LogP contribution >= 0.6 is 0 Å². The maximum Gasteiger partial charge on any atom is 0.152 e. The Morgan fingerprint density at radius 2 is 0.912 bits per heavy atom. The van der Waals surface area contributed by atoms with E-state index in [2.05, 4.69) is 48.5 Å². The van der Waals surface area contributed by atoms with Crippen molar-refractivity contribution in [3.63, 3.8) is 0 Å². The van der Waals surface area contributed by atoms with Crippen LogP contribution in [0.4, 0.5) is 0 Å². The standard InChI is InChI=1S/C30H44O4/c1-24(31)33-22-26-12-16-28(17-13-26)30(20-10-8-6-4-3-5-7-9-11-21-30)29-18-14-27(15-19-29)23-34-25(2)32/h12-19,24-25,31-32H,3-11,20-23H2,1-2H3. The first-order valence-corrected chi connectivity index (χ1v) is 13.3. The first-order chi connectivity index (χ1) is 16.5. The summed E-state index contributed by atoms with van der Waals surface area (Å²) in [5.74, 6) is 0. The molecule has 1 aliphatic carbocycles. The van der Waals surface area contributed by atoms with Gasteiger partial charge in [-0.3, -0.25) is 0 Å². The molecule has 34 heavy (non-hydrogen) atoms. The van der Waals surface area contributed by atoms with Crippen LogP contribution in [0, 0.1) is 0 Å². The number of aliphatic hydroxyl groups is 2. The molecule has 4 heteroatoms. The Hall–Kier alpha value is -1.72. The van der Waals surface area contributed by atoms with E-state index in [4.69, 9.17) is 9.47 Å². The molecular weight excluding hydrogens is 424 g/mol. The van der Waals surface area contributed by atoms with Gasteiger partial charge < -0.3 is 19.7 Å². The normalized spacial score (nSPS) is 19.5. The third kappa shape index (κ3) is 8.20. The predicted octanol–water partition coefficient (Wildman–Crippen LogP) is 6.99. The lowest BCUT2D eigenvalue weighted by molar-refractivity contribution is -0.0943. The smallest absolute Gasteiger partial charge is 0.152 e. The van der Waals surface area contributed by atoms with Gasteiger partial charge in [0.05, 0.1) is 13.2 Å². The average Bonchev–Trinajstić information content (AvgIpc) is 2.83. The Morgan fingerprint density at radius 3 is 1.24 bits per heavy atom. The van der Waals surface area contributed by atoms with Crippen molar-refractivity contribution in [3.05, 3.63) is 70.8 Å². The lowest BCUT2D eigenvalue weighted by Crippen LogP contribution is -2.28. The maximum atomic E-state index is 9.46. The monoisotopic (exact) mass is 468 g/mol. The lowest BCUT2D eigenvalue weighted by Gasteiger charge is -2.36. The van der Waals surface area contributed by atoms with Crippen molar-refractivity contribution in [2.45, 2.75) is 116 Å². The molecule has 0 heterocycles. The molecule has 0 radical (unpaired) electrons. The Kier molecular flexibility index (Phi) is 11.1. The van der Waals surface area contributed by atoms with Gasteiger partial charge in [0, 0.05) is 5.41 Å². The molecular formula is C30H44O4. The van der Waals surface area contributed by atoms with Gasteiger partial charge in [0.25, 0.3) is 0 Å². The fourth-order valence-electron chi connectivity index (χ4n) is 5.23. The summed E-state index contributed by atoms with van der Waals surface area (Å²) in [5.41, 5.74) is 4.90. The molecule has 0 bridgehead atoms. The van der Waals surface area contributed by atoms with Crippen LogP contribution in [0.15, 0.2) is 48.5 Å². The van der Waals surface area contributed by atoms with Crippen LogP contribution in [0.3, 0.4) is 0 Å². The summed E-state index contributed by atoms with van der Waals surface area (Å²) in [6, 6.07) is 17.7. The van der Waals surface area contributed by atoms with Crippen molar-refractivity contribution in [1.82, 2.24) is 0 Å². The highest BCUT2D eigenvalue weighted by Crippen LogP contribution is 2.42. The zero-order chi connectivity index (χ0) is 24.2. The van der Waals surface area contributed by atoms with Crippen LogP contribution < -0.4 is 0 Å². The molecule has 1 fully saturated rings. The number of hydrogen-bond donors (Lipinski definition) is 2. The molecule has 0 aromatic heterocycles. The summed E-state index contributed by atoms with van der Waals surface area (Å²) >= 11 is 0. The molecule has 2 atom stereocenters. The minimum absolute atomic E-state index is 0.00743. The van der Waals surface area contributed by atoms with Crippen LogP contribution in [-0.4, -0.2) is 22.8 Å². The van der Waals surface area contributed by atoms with E-state index in [-0.39, 0.29) is 5.41 Å². The van der Waals surface area contributed by atoms with Crippen molar-refractivity contribution in [2.75, 3.05) is 0 Å². The second-order valence-corrected chi connectivity index (χ2v) is 9.98. The van der Waals surface area contributed by atoms with Gasteiger partial charge in [0.2, 0.25) is 0 Å². The molecule has 2 aromatic carbocycles. The number of ether oxygens (including phenoxy) is 2. The first kappa shape index (κ1) is 26.9. The molecule has 4 nitrogen and oxygen atoms in total. The van der Waals surface area contributed by atoms with Gasteiger partial charge in [-0.25, -0.2) is 0 Å². The molecule has 2 unspecified atom stereocenters. The fourth-order valence-corrected chi connectivity index (χ4v) is 5.23. The lowest BCUT2D eigenvalue weighted by atomic mass is 9.67. The summed E-state index contributed by atoms with van der Waals surface area (Å²) < 4.78 is 10.8. The Labute approximate surface area is 206 Å². The predicted molar refractivity (Wildman–Crippen MR) is 137 cm³/mol. The van der Waals surface area contributed by atoms with Gasteiger partial charge in [-0.15, -0.1) is 0 Å². The zero-order valence-electron chi connectivity index (χ0n) is 21.2. The Balaban J connectivity index is 1.90. The minimum atomic E-state index is -0.756. The van der Waals surface area contributed by atoms with Crippen LogP contribution in [0.25, 0.3) is 0 Å². The maximum absolute atomic E-state index is 9.46. The zero-order valence-corrected chi connectivity index (χ0v) is 21.2. The van der Waals surface area contributed by atoms with Gasteiger partial charge in [0.15, 0.2) is 12.6 Å². The van der Waals surface area contributed by atoms with Crippen LogP contribution in [0.2, 0.25) is 0 Å². The molecule has 2 N–H and O–H groups in total. The van der Waals surface area contributed by atoms with Gasteiger partial charge in [-0.05, 0) is 48.9 Å². The van der Waals surface area contributed by atoms with Crippen LogP contribution in [0.5, 0.6) is 0 Å². The van der Waals surface area contributed by atoms with Gasteiger partial charge in [-0.2, -0.15) is 0 Å². The quantitative estimate of drug-likeness (QED) is 0.410. The topological polar surface area (TPSA) is 58.9 Å². The number of aliphatic hydroxyl groups excluding tert-OH is 2. The van der Waals surface area contributed by atoms with Crippen molar-refractivity contribution >= 4 is 0 Å². The van der Waals surface area contributed by atoms with Crippen molar-refractivity contribution in [2.24, 2.45) is 0 Å². The summed E-state index contributed by atoms with van der Waals surface area (Å²) in [6.07, 6.45) is 12.6. The van der Waals surface area contributed by atoms with Crippen molar-refractivity contribution in [3.8, 4) is 0 Å². The second-order valence-electron chi connectivity index (χ2n) is 9.98. The van der Waals surface area contributed by atoms with E-state index in [1.807, 2.05) is 0 Å². The highest BCUT2D eigenvalue weighted by molar-refractivity contribution is 5.41. The van der Waals surface area contributed by atoms with E-state index in [0.29, 0.717) is 13.2 Å². The van der Waals surface area contributed by atoms with Crippen molar-refractivity contribution in [1.29, 1.82) is 0 Å². The third-order valence-electron chi connectivity index (χ3n) is 7.20. The first-order valence-electron chi connectivity index (χ1n) is 13.3. The van der Waals surface area contributed by atoms with E-state index in [9.17, 15) is 10.2 Å². The fraction of sp³-hybridized carbons (Fsp3) is 0.600. The largest absolute Gasteiger partial charge is 0.368 e. The van der Waals surface area contributed by atoms with Crippen molar-refractivity contribution < 1.29 is 19.7 Å². The number of rotatable bonds is 8. The average molecular weight is 469 g/mol. The van der Waals surface area contributed by atoms with Crippen LogP contribution in [-0.2, 0) is 28.1 Å². The summed E-state index contributed by atoms with van der Waals surface area (Å²) in [5, 5.41) is 18.9. The molecule has 188 valence electrons. The molecule has 3 rings (SSSR count). The molecule has 1 saturated carbocycles. The Bertz CT molecular complexity index is 741. The van der Waals surface area contributed by atoms with E-state index in [0.717, 1.165) is 24.0 Å². The molecule has 1 aliphatic rings. The molecule has 0 aliphatic heterocycles. The van der Waals surface area contributed by atoms with E-state index < -0.39 is 12.6 Å². The molecule has 0 saturated heterocycles. The minimum Gasteiger partial charge on any atom is -0.368 e. The summed E-state index contributed by atoms with van der Waals surface area (Å²) in [7, 11) is 0. The van der Waals surface area contributed by atoms with Gasteiger partial charge in [-0.1, -0.05) is 106 Å². The highest BCUT2D eigenvalue weighted by atomic mass is 16.6. The van der Waals surface area contributed by atoms with E-state index in [1.54, 1.807) is 13.8 Å². The number of hydrogen-bond acceptors (Lipinski definition) is 4. The third-order valence-corrected chi connectivity index (χ3v) is 7.20. The molecule has 2 aromatic rings. The molecule has 0 spiro atoms. The summed E-state index contributed by atoms with van der Waals surface area (Å²) in [6.45, 7) is 4.13. The highest BCUT2D eigenvalue weighted by Gasteiger charge is 2.33. The second kappa shape index (κ2) is 14.0.